The summed E-state index contributed by atoms with van der Waals surface area (Å²) in [5, 5.41) is 4.16. The lowest BCUT2D eigenvalue weighted by atomic mass is 9.95. The second kappa shape index (κ2) is 10.9. The first-order chi connectivity index (χ1) is 11.7. The number of nitrogens with zero attached hydrogens (tertiary/aromatic N) is 1. The Balaban J connectivity index is 0.00000169. The van der Waals surface area contributed by atoms with Crippen LogP contribution >= 0.6 is 36.2 Å². The summed E-state index contributed by atoms with van der Waals surface area (Å²) < 4.78 is 0. The highest BCUT2D eigenvalue weighted by molar-refractivity contribution is 7.12. The van der Waals surface area contributed by atoms with Gasteiger partial charge in [0.05, 0.1) is 10.7 Å². The van der Waals surface area contributed by atoms with Crippen LogP contribution in [-0.2, 0) is 11.2 Å². The fraction of sp³-hybridized carbons (Fsp3) is 0.474. The zero-order chi connectivity index (χ0) is 16.9. The van der Waals surface area contributed by atoms with Gasteiger partial charge < -0.3 is 11.1 Å². The topological polar surface area (TPSA) is 68.0 Å². The molecule has 1 fully saturated rings. The van der Waals surface area contributed by atoms with Gasteiger partial charge >= 0.3 is 0 Å². The number of nitrogens with two attached hydrogens (primary N) is 1. The van der Waals surface area contributed by atoms with E-state index < -0.39 is 0 Å². The standard InChI is InChI=1S/C19H25N3OS.2ClH/c1-13-18(14-6-3-2-4-7-14)22-17(24-13)10-11-21-19(23)16-9-5-8-15(16)12-20;;/h2-4,6-7,15-16H,5,8-12,20H2,1H3,(H,21,23);2*1H/t15-,16-;;/m1../s1. The van der Waals surface area contributed by atoms with Crippen molar-refractivity contribution in [2.45, 2.75) is 32.6 Å². The van der Waals surface area contributed by atoms with Crippen LogP contribution in [0.25, 0.3) is 11.3 Å². The predicted octanol–water partition coefficient (Wildman–Crippen LogP) is 4.00. The number of aryl methyl sites for hydroxylation is 1. The van der Waals surface area contributed by atoms with E-state index in [1.54, 1.807) is 11.3 Å². The smallest absolute Gasteiger partial charge is 0.223 e. The quantitative estimate of drug-likeness (QED) is 0.748. The Bertz CT molecular complexity index is 693. The van der Waals surface area contributed by atoms with Crippen LogP contribution in [0.1, 0.15) is 29.1 Å². The molecule has 0 saturated heterocycles. The molecular formula is C19H27Cl2N3OS. The van der Waals surface area contributed by atoms with Gasteiger partial charge in [0, 0.05) is 29.3 Å². The van der Waals surface area contributed by atoms with Crippen LogP contribution in [0.4, 0.5) is 0 Å². The molecule has 0 aliphatic heterocycles. The van der Waals surface area contributed by atoms with E-state index in [1.807, 2.05) is 18.2 Å². The Morgan fingerprint density at radius 1 is 1.27 bits per heavy atom. The molecule has 2 atom stereocenters. The lowest BCUT2D eigenvalue weighted by Crippen LogP contribution is -2.36. The molecule has 1 aromatic carbocycles. The van der Waals surface area contributed by atoms with Crippen molar-refractivity contribution < 1.29 is 4.79 Å². The summed E-state index contributed by atoms with van der Waals surface area (Å²) in [7, 11) is 0. The van der Waals surface area contributed by atoms with Crippen LogP contribution < -0.4 is 11.1 Å². The van der Waals surface area contributed by atoms with Crippen molar-refractivity contribution in [1.82, 2.24) is 10.3 Å². The number of amides is 1. The second-order valence-electron chi connectivity index (χ2n) is 6.45. The Hall–Kier alpha value is -1.14. The molecule has 1 aliphatic carbocycles. The average Bonchev–Trinajstić information content (AvgIpc) is 3.22. The maximum atomic E-state index is 12.3. The lowest BCUT2D eigenvalue weighted by molar-refractivity contribution is -0.125. The minimum absolute atomic E-state index is 0. The molecule has 0 bridgehead atoms. The van der Waals surface area contributed by atoms with Crippen LogP contribution in [0.15, 0.2) is 30.3 Å². The largest absolute Gasteiger partial charge is 0.355 e. The molecule has 1 aliphatic rings. The monoisotopic (exact) mass is 415 g/mol. The molecule has 1 saturated carbocycles. The van der Waals surface area contributed by atoms with Crippen molar-refractivity contribution in [1.29, 1.82) is 0 Å². The number of thiazole rings is 1. The molecule has 1 heterocycles. The number of carbonyl (C=O) groups is 1. The molecule has 1 amide bonds. The predicted molar refractivity (Wildman–Crippen MR) is 113 cm³/mol. The molecule has 144 valence electrons. The van der Waals surface area contributed by atoms with E-state index in [2.05, 4.69) is 24.4 Å². The molecule has 26 heavy (non-hydrogen) atoms. The van der Waals surface area contributed by atoms with E-state index in [9.17, 15) is 4.79 Å². The summed E-state index contributed by atoms with van der Waals surface area (Å²) in [6.45, 7) is 3.37. The number of benzene rings is 1. The van der Waals surface area contributed by atoms with Crippen molar-refractivity contribution in [3.63, 3.8) is 0 Å². The third-order valence-corrected chi connectivity index (χ3v) is 5.86. The third kappa shape index (κ3) is 5.43. The minimum atomic E-state index is 0. The van der Waals surface area contributed by atoms with E-state index in [0.29, 0.717) is 19.0 Å². The number of nitrogens with one attached hydrogen (secondary N) is 1. The first-order valence-electron chi connectivity index (χ1n) is 8.68. The van der Waals surface area contributed by atoms with Gasteiger partial charge in [-0.3, -0.25) is 4.79 Å². The summed E-state index contributed by atoms with van der Waals surface area (Å²) in [4.78, 5) is 18.3. The first kappa shape index (κ1) is 22.9. The molecule has 4 nitrogen and oxygen atoms in total. The van der Waals surface area contributed by atoms with Crippen LogP contribution in [0, 0.1) is 18.8 Å². The molecule has 2 aromatic rings. The zero-order valence-electron chi connectivity index (χ0n) is 14.9. The average molecular weight is 416 g/mol. The van der Waals surface area contributed by atoms with Crippen molar-refractivity contribution in [3.8, 4) is 11.3 Å². The van der Waals surface area contributed by atoms with Crippen molar-refractivity contribution in [2.24, 2.45) is 17.6 Å². The van der Waals surface area contributed by atoms with Crippen LogP contribution in [-0.4, -0.2) is 24.0 Å². The van der Waals surface area contributed by atoms with E-state index >= 15 is 0 Å². The Morgan fingerprint density at radius 3 is 2.69 bits per heavy atom. The van der Waals surface area contributed by atoms with Crippen LogP contribution in [0.5, 0.6) is 0 Å². The molecule has 3 N–H and O–H groups in total. The number of hydrogen-bond acceptors (Lipinski definition) is 4. The molecule has 3 rings (SSSR count). The zero-order valence-corrected chi connectivity index (χ0v) is 17.4. The normalized spacial score (nSPS) is 18.7. The molecule has 7 heteroatoms. The van der Waals surface area contributed by atoms with Gasteiger partial charge in [0.15, 0.2) is 0 Å². The minimum Gasteiger partial charge on any atom is -0.355 e. The van der Waals surface area contributed by atoms with Crippen molar-refractivity contribution >= 4 is 42.1 Å². The molecule has 0 radical (unpaired) electrons. The Kier molecular flexibility index (Phi) is 9.58. The van der Waals surface area contributed by atoms with Gasteiger partial charge in [0.1, 0.15) is 0 Å². The Labute approximate surface area is 171 Å². The number of carbonyl (C=O) groups excluding carboxylic acids is 1. The van der Waals surface area contributed by atoms with Crippen molar-refractivity contribution in [3.05, 3.63) is 40.2 Å². The van der Waals surface area contributed by atoms with Gasteiger partial charge in [-0.15, -0.1) is 36.2 Å². The van der Waals surface area contributed by atoms with Crippen LogP contribution in [0.3, 0.4) is 0 Å². The number of rotatable bonds is 6. The van der Waals surface area contributed by atoms with Gasteiger partial charge in [-0.05, 0) is 32.2 Å². The number of aromatic nitrogens is 1. The second-order valence-corrected chi connectivity index (χ2v) is 7.74. The highest BCUT2D eigenvalue weighted by Gasteiger charge is 2.31. The number of halogens is 2. The highest BCUT2D eigenvalue weighted by atomic mass is 35.5. The highest BCUT2D eigenvalue weighted by Crippen LogP contribution is 2.31. The SMILES string of the molecule is Cc1sc(CCNC(=O)[C@@H]2CCC[C@@H]2CN)nc1-c1ccccc1.Cl.Cl. The maximum Gasteiger partial charge on any atom is 0.223 e. The maximum absolute atomic E-state index is 12.3. The molecule has 0 unspecified atom stereocenters. The number of hydrogen-bond donors (Lipinski definition) is 2. The van der Waals surface area contributed by atoms with E-state index in [4.69, 9.17) is 10.7 Å². The van der Waals surface area contributed by atoms with Gasteiger partial charge in [0.25, 0.3) is 0 Å². The van der Waals surface area contributed by atoms with Crippen LogP contribution in [0.2, 0.25) is 0 Å². The first-order valence-corrected chi connectivity index (χ1v) is 9.50. The lowest BCUT2D eigenvalue weighted by Gasteiger charge is -2.17. The third-order valence-electron chi connectivity index (χ3n) is 4.82. The summed E-state index contributed by atoms with van der Waals surface area (Å²) in [6, 6.07) is 10.2. The fourth-order valence-corrected chi connectivity index (χ4v) is 4.46. The molecule has 0 spiro atoms. The summed E-state index contributed by atoms with van der Waals surface area (Å²) >= 11 is 1.72. The fourth-order valence-electron chi connectivity index (χ4n) is 3.51. The summed E-state index contributed by atoms with van der Waals surface area (Å²) in [5.41, 5.74) is 7.98. The van der Waals surface area contributed by atoms with E-state index in [1.165, 1.54) is 4.88 Å². The summed E-state index contributed by atoms with van der Waals surface area (Å²) in [5.74, 6) is 0.629. The van der Waals surface area contributed by atoms with Crippen molar-refractivity contribution in [2.75, 3.05) is 13.1 Å². The van der Waals surface area contributed by atoms with Gasteiger partial charge in [-0.2, -0.15) is 0 Å². The van der Waals surface area contributed by atoms with Gasteiger partial charge in [-0.1, -0.05) is 36.8 Å². The van der Waals surface area contributed by atoms with Gasteiger partial charge in [-0.25, -0.2) is 4.98 Å². The molecular weight excluding hydrogens is 389 g/mol. The van der Waals surface area contributed by atoms with Gasteiger partial charge in [0.2, 0.25) is 5.91 Å². The summed E-state index contributed by atoms with van der Waals surface area (Å²) in [6.07, 6.45) is 3.96. The van der Waals surface area contributed by atoms with E-state index in [-0.39, 0.29) is 36.6 Å². The molecule has 1 aromatic heterocycles. The van der Waals surface area contributed by atoms with E-state index in [0.717, 1.165) is 41.9 Å². The Morgan fingerprint density at radius 2 is 2.00 bits per heavy atom.